The number of halogens is 2. The van der Waals surface area contributed by atoms with E-state index in [2.05, 4.69) is 47.0 Å². The molecular formula is C16H18BrFN2O. The van der Waals surface area contributed by atoms with Crippen molar-refractivity contribution in [2.24, 2.45) is 0 Å². The van der Waals surface area contributed by atoms with Gasteiger partial charge in [0.1, 0.15) is 5.75 Å². The van der Waals surface area contributed by atoms with E-state index in [0.29, 0.717) is 16.8 Å². The fourth-order valence-corrected chi connectivity index (χ4v) is 2.02. The third-order valence-corrected chi connectivity index (χ3v) is 3.29. The summed E-state index contributed by atoms with van der Waals surface area (Å²) in [4.78, 5) is 4.05. The number of pyridine rings is 1. The van der Waals surface area contributed by atoms with Crippen LogP contribution in [0, 0.1) is 5.82 Å². The number of aromatic nitrogens is 1. The summed E-state index contributed by atoms with van der Waals surface area (Å²) in [6, 6.07) is 6.57. The summed E-state index contributed by atoms with van der Waals surface area (Å²) in [5.41, 5.74) is 0.922. The highest BCUT2D eigenvalue weighted by molar-refractivity contribution is 9.10. The molecule has 3 nitrogen and oxygen atoms in total. The third kappa shape index (κ3) is 4.79. The topological polar surface area (TPSA) is 34.2 Å². The van der Waals surface area contributed by atoms with Crippen molar-refractivity contribution in [3.63, 3.8) is 0 Å². The van der Waals surface area contributed by atoms with E-state index in [1.54, 1.807) is 24.5 Å². The first-order valence-corrected chi connectivity index (χ1v) is 7.45. The minimum Gasteiger partial charge on any atom is -0.452 e. The van der Waals surface area contributed by atoms with Gasteiger partial charge in [-0.15, -0.1) is 0 Å². The second kappa shape index (κ2) is 6.54. The predicted octanol–water partition coefficient (Wildman–Crippen LogP) is 4.66. The Bertz CT molecular complexity index is 626. The van der Waals surface area contributed by atoms with Crippen LogP contribution in [0.25, 0.3) is 0 Å². The van der Waals surface area contributed by atoms with Crippen molar-refractivity contribution in [1.29, 1.82) is 0 Å². The molecule has 0 aliphatic heterocycles. The van der Waals surface area contributed by atoms with Crippen LogP contribution in [0.5, 0.6) is 11.5 Å². The van der Waals surface area contributed by atoms with Gasteiger partial charge >= 0.3 is 0 Å². The molecule has 0 bridgehead atoms. The molecule has 0 unspecified atom stereocenters. The summed E-state index contributed by atoms with van der Waals surface area (Å²) in [5.74, 6) is 0.321. The monoisotopic (exact) mass is 352 g/mol. The molecule has 1 N–H and O–H groups in total. The van der Waals surface area contributed by atoms with Crippen LogP contribution in [0.15, 0.2) is 41.1 Å². The first kappa shape index (κ1) is 15.9. The Kier molecular flexibility index (Phi) is 4.96. The Balaban J connectivity index is 2.20. The van der Waals surface area contributed by atoms with Gasteiger partial charge in [0, 0.05) is 28.3 Å². The van der Waals surface area contributed by atoms with Gasteiger partial charge in [-0.05, 0) is 45.0 Å². The fourth-order valence-electron chi connectivity index (χ4n) is 1.68. The van der Waals surface area contributed by atoms with Crippen molar-refractivity contribution < 1.29 is 9.13 Å². The average Bonchev–Trinajstić information content (AvgIpc) is 2.40. The molecule has 112 valence electrons. The van der Waals surface area contributed by atoms with Gasteiger partial charge in [0.2, 0.25) is 0 Å². The van der Waals surface area contributed by atoms with E-state index in [1.807, 2.05) is 6.07 Å². The zero-order chi connectivity index (χ0) is 15.5. The van der Waals surface area contributed by atoms with Crippen molar-refractivity contribution in [1.82, 2.24) is 10.3 Å². The van der Waals surface area contributed by atoms with Crippen molar-refractivity contribution in [2.75, 3.05) is 0 Å². The number of nitrogens with zero attached hydrogens (tertiary/aromatic N) is 1. The Hall–Kier alpha value is -1.46. The molecule has 1 aromatic carbocycles. The van der Waals surface area contributed by atoms with E-state index in [4.69, 9.17) is 4.74 Å². The number of benzene rings is 1. The average molecular weight is 353 g/mol. The number of ether oxygens (including phenoxy) is 1. The molecule has 5 heteroatoms. The van der Waals surface area contributed by atoms with Crippen LogP contribution < -0.4 is 10.1 Å². The fraction of sp³-hybridized carbons (Fsp3) is 0.312. The summed E-state index contributed by atoms with van der Waals surface area (Å²) in [6.07, 6.45) is 3.30. The molecule has 0 aliphatic rings. The second-order valence-electron chi connectivity index (χ2n) is 5.76. The lowest BCUT2D eigenvalue weighted by Crippen LogP contribution is -2.35. The Morgan fingerprint density at radius 1 is 1.24 bits per heavy atom. The van der Waals surface area contributed by atoms with Crippen LogP contribution in [0.3, 0.4) is 0 Å². The lowest BCUT2D eigenvalue weighted by atomic mass is 10.1. The first-order chi connectivity index (χ1) is 9.85. The lowest BCUT2D eigenvalue weighted by molar-refractivity contribution is 0.406. The highest BCUT2D eigenvalue weighted by Crippen LogP contribution is 2.28. The minimum absolute atomic E-state index is 0.0105. The predicted molar refractivity (Wildman–Crippen MR) is 85.0 cm³/mol. The van der Waals surface area contributed by atoms with Gasteiger partial charge in [0.15, 0.2) is 11.6 Å². The molecule has 0 saturated heterocycles. The Morgan fingerprint density at radius 3 is 2.67 bits per heavy atom. The largest absolute Gasteiger partial charge is 0.452 e. The highest BCUT2D eigenvalue weighted by atomic mass is 79.9. The molecule has 0 saturated carbocycles. The molecule has 0 amide bonds. The molecule has 1 aromatic heterocycles. The van der Waals surface area contributed by atoms with Crippen molar-refractivity contribution >= 4 is 15.9 Å². The normalized spacial score (nSPS) is 11.5. The molecule has 2 rings (SSSR count). The summed E-state index contributed by atoms with van der Waals surface area (Å²) >= 11 is 3.22. The van der Waals surface area contributed by atoms with Crippen LogP contribution in [-0.4, -0.2) is 10.5 Å². The SMILES string of the molecule is CC(C)(C)NCc1ccncc1Oc1ccc(Br)cc1F. The van der Waals surface area contributed by atoms with E-state index in [0.717, 1.165) is 5.56 Å². The van der Waals surface area contributed by atoms with Crippen molar-refractivity contribution in [3.05, 3.63) is 52.5 Å². The van der Waals surface area contributed by atoms with Gasteiger partial charge < -0.3 is 10.1 Å². The Labute approximate surface area is 132 Å². The maximum atomic E-state index is 13.9. The minimum atomic E-state index is -0.414. The van der Waals surface area contributed by atoms with Gasteiger partial charge in [0.05, 0.1) is 6.20 Å². The zero-order valence-electron chi connectivity index (χ0n) is 12.3. The zero-order valence-corrected chi connectivity index (χ0v) is 13.9. The third-order valence-electron chi connectivity index (χ3n) is 2.79. The lowest BCUT2D eigenvalue weighted by Gasteiger charge is -2.21. The molecule has 0 atom stereocenters. The maximum Gasteiger partial charge on any atom is 0.166 e. The summed E-state index contributed by atoms with van der Waals surface area (Å²) in [7, 11) is 0. The van der Waals surface area contributed by atoms with Crippen LogP contribution in [0.4, 0.5) is 4.39 Å². The summed E-state index contributed by atoms with van der Waals surface area (Å²) in [6.45, 7) is 6.88. The van der Waals surface area contributed by atoms with Crippen LogP contribution in [0.1, 0.15) is 26.3 Å². The van der Waals surface area contributed by atoms with E-state index in [1.165, 1.54) is 6.07 Å². The van der Waals surface area contributed by atoms with Gasteiger partial charge in [-0.2, -0.15) is 0 Å². The molecule has 21 heavy (non-hydrogen) atoms. The molecular weight excluding hydrogens is 335 g/mol. The van der Waals surface area contributed by atoms with Gasteiger partial charge in [-0.25, -0.2) is 4.39 Å². The van der Waals surface area contributed by atoms with Crippen LogP contribution in [0.2, 0.25) is 0 Å². The standard InChI is InChI=1S/C16H18BrFN2O/c1-16(2,3)20-9-11-6-7-19-10-15(11)21-14-5-4-12(17)8-13(14)18/h4-8,10,20H,9H2,1-3H3. The first-order valence-electron chi connectivity index (χ1n) is 6.66. The van der Waals surface area contributed by atoms with Gasteiger partial charge in [-0.3, -0.25) is 4.98 Å². The number of hydrogen-bond donors (Lipinski definition) is 1. The second-order valence-corrected chi connectivity index (χ2v) is 6.68. The van der Waals surface area contributed by atoms with E-state index < -0.39 is 5.82 Å². The molecule has 1 heterocycles. The van der Waals surface area contributed by atoms with Crippen LogP contribution >= 0.6 is 15.9 Å². The number of hydrogen-bond acceptors (Lipinski definition) is 3. The molecule has 2 aromatic rings. The number of nitrogens with one attached hydrogen (secondary N) is 1. The Morgan fingerprint density at radius 2 is 2.00 bits per heavy atom. The molecule has 0 fully saturated rings. The van der Waals surface area contributed by atoms with Gasteiger partial charge in [-0.1, -0.05) is 15.9 Å². The van der Waals surface area contributed by atoms with E-state index >= 15 is 0 Å². The van der Waals surface area contributed by atoms with E-state index in [-0.39, 0.29) is 11.3 Å². The number of rotatable bonds is 4. The summed E-state index contributed by atoms with van der Waals surface area (Å²) in [5, 5.41) is 3.38. The van der Waals surface area contributed by atoms with Crippen molar-refractivity contribution in [3.8, 4) is 11.5 Å². The molecule has 0 aliphatic carbocycles. The quantitative estimate of drug-likeness (QED) is 0.868. The maximum absolute atomic E-state index is 13.9. The van der Waals surface area contributed by atoms with Gasteiger partial charge in [0.25, 0.3) is 0 Å². The van der Waals surface area contributed by atoms with E-state index in [9.17, 15) is 4.39 Å². The van der Waals surface area contributed by atoms with Crippen LogP contribution in [-0.2, 0) is 6.54 Å². The highest BCUT2D eigenvalue weighted by Gasteiger charge is 2.13. The summed E-state index contributed by atoms with van der Waals surface area (Å²) < 4.78 is 20.2. The molecule has 0 radical (unpaired) electrons. The smallest absolute Gasteiger partial charge is 0.166 e. The molecule has 0 spiro atoms. The van der Waals surface area contributed by atoms with Crippen molar-refractivity contribution in [2.45, 2.75) is 32.9 Å².